The Morgan fingerprint density at radius 1 is 1.20 bits per heavy atom. The normalized spacial score (nSPS) is 12.2. The number of aryl methyl sites for hydroxylation is 3. The van der Waals surface area contributed by atoms with E-state index in [9.17, 15) is 0 Å². The van der Waals surface area contributed by atoms with Crippen LogP contribution < -0.4 is 5.32 Å². The predicted molar refractivity (Wildman–Crippen MR) is 88.2 cm³/mol. The second kappa shape index (κ2) is 8.23. The third kappa shape index (κ3) is 5.10. The molecule has 0 amide bonds. The van der Waals surface area contributed by atoms with E-state index in [-0.39, 0.29) is 0 Å². The molecule has 0 bridgehead atoms. The van der Waals surface area contributed by atoms with Crippen LogP contribution in [0.2, 0.25) is 0 Å². The highest BCUT2D eigenvalue weighted by atomic mass is 16.5. The van der Waals surface area contributed by atoms with Crippen LogP contribution in [0.5, 0.6) is 0 Å². The fraction of sp³-hybridized carbons (Fsp3) is 0.556. The SMILES string of the molecule is COCCNCC(=Cc1c(C)cc(C)cc1C)C(C)C. The largest absolute Gasteiger partial charge is 0.383 e. The molecule has 0 aromatic heterocycles. The number of methoxy groups -OCH3 is 1. The zero-order chi connectivity index (χ0) is 15.1. The van der Waals surface area contributed by atoms with Crippen LogP contribution >= 0.6 is 0 Å². The van der Waals surface area contributed by atoms with E-state index < -0.39 is 0 Å². The fourth-order valence-corrected chi connectivity index (χ4v) is 2.43. The van der Waals surface area contributed by atoms with Gasteiger partial charge < -0.3 is 10.1 Å². The maximum absolute atomic E-state index is 5.07. The third-order valence-corrected chi connectivity index (χ3v) is 3.62. The molecule has 0 aliphatic carbocycles. The first-order valence-electron chi connectivity index (χ1n) is 7.43. The van der Waals surface area contributed by atoms with Crippen molar-refractivity contribution in [1.29, 1.82) is 0 Å². The van der Waals surface area contributed by atoms with Crippen molar-refractivity contribution in [3.05, 3.63) is 40.0 Å². The number of hydrogen-bond donors (Lipinski definition) is 1. The molecule has 2 heteroatoms. The Hall–Kier alpha value is -1.12. The molecule has 0 atom stereocenters. The van der Waals surface area contributed by atoms with Gasteiger partial charge in [0.15, 0.2) is 0 Å². The second-order valence-electron chi connectivity index (χ2n) is 5.86. The monoisotopic (exact) mass is 275 g/mol. The highest BCUT2D eigenvalue weighted by Crippen LogP contribution is 2.21. The summed E-state index contributed by atoms with van der Waals surface area (Å²) < 4.78 is 5.07. The first-order valence-corrected chi connectivity index (χ1v) is 7.43. The molecule has 0 heterocycles. The summed E-state index contributed by atoms with van der Waals surface area (Å²) in [5.74, 6) is 0.546. The zero-order valence-electron chi connectivity index (χ0n) is 13.8. The standard InChI is InChI=1S/C18H29NO/c1-13(2)17(12-19-7-8-20-6)11-18-15(4)9-14(3)10-16(18)5/h9-11,13,19H,7-8,12H2,1-6H3. The van der Waals surface area contributed by atoms with E-state index in [0.29, 0.717) is 5.92 Å². The maximum Gasteiger partial charge on any atom is 0.0587 e. The molecule has 1 rings (SSSR count). The lowest BCUT2D eigenvalue weighted by Gasteiger charge is -2.15. The minimum atomic E-state index is 0.546. The highest BCUT2D eigenvalue weighted by Gasteiger charge is 2.07. The molecule has 1 N–H and O–H groups in total. The Labute approximate surface area is 124 Å². The van der Waals surface area contributed by atoms with Crippen LogP contribution in [0.15, 0.2) is 17.7 Å². The molecule has 2 nitrogen and oxygen atoms in total. The van der Waals surface area contributed by atoms with Gasteiger partial charge in [-0.05, 0) is 43.4 Å². The van der Waals surface area contributed by atoms with Crippen LogP contribution in [0.4, 0.5) is 0 Å². The van der Waals surface area contributed by atoms with Gasteiger partial charge in [-0.15, -0.1) is 0 Å². The molecule has 20 heavy (non-hydrogen) atoms. The van der Waals surface area contributed by atoms with Crippen LogP contribution in [-0.2, 0) is 4.74 Å². The molecular weight excluding hydrogens is 246 g/mol. The van der Waals surface area contributed by atoms with Crippen molar-refractivity contribution in [3.63, 3.8) is 0 Å². The topological polar surface area (TPSA) is 21.3 Å². The van der Waals surface area contributed by atoms with Crippen LogP contribution in [0.3, 0.4) is 0 Å². The van der Waals surface area contributed by atoms with E-state index in [1.807, 2.05) is 0 Å². The summed E-state index contributed by atoms with van der Waals surface area (Å²) in [7, 11) is 1.74. The fourth-order valence-electron chi connectivity index (χ4n) is 2.43. The molecule has 0 aliphatic rings. The summed E-state index contributed by atoms with van der Waals surface area (Å²) >= 11 is 0. The smallest absolute Gasteiger partial charge is 0.0587 e. The average Bonchev–Trinajstić information content (AvgIpc) is 2.35. The van der Waals surface area contributed by atoms with Crippen molar-refractivity contribution < 1.29 is 4.74 Å². The Balaban J connectivity index is 2.91. The van der Waals surface area contributed by atoms with Crippen LogP contribution in [0, 0.1) is 26.7 Å². The van der Waals surface area contributed by atoms with Crippen molar-refractivity contribution in [2.45, 2.75) is 34.6 Å². The summed E-state index contributed by atoms with van der Waals surface area (Å²) in [5, 5.41) is 3.45. The van der Waals surface area contributed by atoms with Crippen LogP contribution in [-0.4, -0.2) is 26.8 Å². The van der Waals surface area contributed by atoms with Gasteiger partial charge in [-0.25, -0.2) is 0 Å². The Morgan fingerprint density at radius 2 is 1.80 bits per heavy atom. The quantitative estimate of drug-likeness (QED) is 0.762. The molecule has 1 aromatic carbocycles. The van der Waals surface area contributed by atoms with Crippen molar-refractivity contribution in [3.8, 4) is 0 Å². The zero-order valence-corrected chi connectivity index (χ0v) is 13.8. The van der Waals surface area contributed by atoms with Gasteiger partial charge in [0.2, 0.25) is 0 Å². The van der Waals surface area contributed by atoms with Gasteiger partial charge in [0.25, 0.3) is 0 Å². The molecule has 112 valence electrons. The summed E-state index contributed by atoms with van der Waals surface area (Å²) in [6, 6.07) is 4.52. The molecular formula is C18H29NO. The van der Waals surface area contributed by atoms with E-state index in [4.69, 9.17) is 4.74 Å². The molecule has 0 saturated carbocycles. The summed E-state index contributed by atoms with van der Waals surface area (Å²) in [5.41, 5.74) is 6.86. The number of ether oxygens (including phenoxy) is 1. The highest BCUT2D eigenvalue weighted by molar-refractivity contribution is 5.61. The molecule has 0 spiro atoms. The van der Waals surface area contributed by atoms with Crippen molar-refractivity contribution in [2.24, 2.45) is 5.92 Å². The van der Waals surface area contributed by atoms with Crippen molar-refractivity contribution in [1.82, 2.24) is 5.32 Å². The van der Waals surface area contributed by atoms with Gasteiger partial charge in [0.1, 0.15) is 0 Å². The molecule has 1 aromatic rings. The lowest BCUT2D eigenvalue weighted by molar-refractivity contribution is 0.200. The summed E-state index contributed by atoms with van der Waals surface area (Å²) in [6.45, 7) is 13.6. The molecule has 0 radical (unpaired) electrons. The van der Waals surface area contributed by atoms with E-state index in [2.05, 4.69) is 58.1 Å². The number of rotatable bonds is 7. The van der Waals surface area contributed by atoms with Crippen molar-refractivity contribution in [2.75, 3.05) is 26.8 Å². The number of nitrogens with one attached hydrogen (secondary N) is 1. The average molecular weight is 275 g/mol. The van der Waals surface area contributed by atoms with Gasteiger partial charge in [0, 0.05) is 20.2 Å². The molecule has 0 aliphatic heterocycles. The van der Waals surface area contributed by atoms with Gasteiger partial charge in [-0.2, -0.15) is 0 Å². The van der Waals surface area contributed by atoms with E-state index in [1.54, 1.807) is 7.11 Å². The lowest BCUT2D eigenvalue weighted by atomic mass is 9.94. The van der Waals surface area contributed by atoms with Crippen molar-refractivity contribution >= 4 is 6.08 Å². The molecule has 0 unspecified atom stereocenters. The molecule has 0 fully saturated rings. The maximum atomic E-state index is 5.07. The van der Waals surface area contributed by atoms with E-state index >= 15 is 0 Å². The van der Waals surface area contributed by atoms with Crippen LogP contribution in [0.1, 0.15) is 36.1 Å². The van der Waals surface area contributed by atoms with E-state index in [0.717, 1.165) is 19.7 Å². The minimum absolute atomic E-state index is 0.546. The number of hydrogen-bond acceptors (Lipinski definition) is 2. The second-order valence-corrected chi connectivity index (χ2v) is 5.86. The molecule has 0 saturated heterocycles. The van der Waals surface area contributed by atoms with Gasteiger partial charge in [-0.1, -0.05) is 43.2 Å². The van der Waals surface area contributed by atoms with Gasteiger partial charge in [0.05, 0.1) is 6.61 Å². The van der Waals surface area contributed by atoms with Gasteiger partial charge >= 0.3 is 0 Å². The lowest BCUT2D eigenvalue weighted by Crippen LogP contribution is -2.23. The number of benzene rings is 1. The summed E-state index contributed by atoms with van der Waals surface area (Å²) in [6.07, 6.45) is 2.36. The van der Waals surface area contributed by atoms with Gasteiger partial charge in [-0.3, -0.25) is 0 Å². The Kier molecular flexibility index (Phi) is 6.97. The van der Waals surface area contributed by atoms with E-state index in [1.165, 1.54) is 27.8 Å². The first kappa shape index (κ1) is 16.9. The third-order valence-electron chi connectivity index (χ3n) is 3.62. The Morgan fingerprint density at radius 3 is 2.30 bits per heavy atom. The Bertz CT molecular complexity index is 437. The minimum Gasteiger partial charge on any atom is -0.383 e. The van der Waals surface area contributed by atoms with Crippen LogP contribution in [0.25, 0.3) is 6.08 Å². The first-order chi connectivity index (χ1) is 9.45. The summed E-state index contributed by atoms with van der Waals surface area (Å²) in [4.78, 5) is 0. The predicted octanol–water partition coefficient (Wildman–Crippen LogP) is 3.89.